The second kappa shape index (κ2) is 7.24. The van der Waals surface area contributed by atoms with Crippen LogP contribution in [0.4, 0.5) is 4.39 Å². The summed E-state index contributed by atoms with van der Waals surface area (Å²) >= 11 is 1.27. The van der Waals surface area contributed by atoms with Gasteiger partial charge in [0.25, 0.3) is 5.91 Å². The van der Waals surface area contributed by atoms with Gasteiger partial charge < -0.3 is 10.4 Å². The number of rotatable bonds is 5. The van der Waals surface area contributed by atoms with Crippen LogP contribution in [0, 0.1) is 5.82 Å². The number of carbonyl (C=O) groups excluding carboxylic acids is 1. The number of carbonyl (C=O) groups is 1. The Bertz CT molecular complexity index is 841. The van der Waals surface area contributed by atoms with E-state index in [2.05, 4.69) is 20.3 Å². The maximum atomic E-state index is 13.6. The van der Waals surface area contributed by atoms with Crippen LogP contribution in [0.5, 0.6) is 0 Å². The van der Waals surface area contributed by atoms with Gasteiger partial charge in [-0.3, -0.25) is 14.8 Å². The van der Waals surface area contributed by atoms with Crippen molar-refractivity contribution in [3.63, 3.8) is 0 Å². The summed E-state index contributed by atoms with van der Waals surface area (Å²) in [5.41, 5.74) is 0.922. The summed E-state index contributed by atoms with van der Waals surface area (Å²) in [5, 5.41) is 14.7. The first-order chi connectivity index (χ1) is 11.6. The lowest BCUT2D eigenvalue weighted by Crippen LogP contribution is -2.28. The van der Waals surface area contributed by atoms with Crippen LogP contribution in [0.3, 0.4) is 0 Å². The van der Waals surface area contributed by atoms with E-state index < -0.39 is 17.8 Å². The van der Waals surface area contributed by atoms with Crippen LogP contribution in [0.2, 0.25) is 0 Å². The molecule has 2 N–H and O–H groups in total. The van der Waals surface area contributed by atoms with E-state index in [9.17, 15) is 14.3 Å². The summed E-state index contributed by atoms with van der Waals surface area (Å²) in [5.74, 6) is -0.963. The first kappa shape index (κ1) is 16.2. The minimum atomic E-state index is -1.13. The molecule has 1 atom stereocenters. The Morgan fingerprint density at radius 3 is 2.92 bits per heavy atom. The lowest BCUT2D eigenvalue weighted by atomic mass is 10.1. The van der Waals surface area contributed by atoms with Gasteiger partial charge in [0.15, 0.2) is 0 Å². The third-order valence-electron chi connectivity index (χ3n) is 3.24. The fourth-order valence-corrected chi connectivity index (χ4v) is 2.80. The van der Waals surface area contributed by atoms with E-state index in [1.807, 2.05) is 0 Å². The van der Waals surface area contributed by atoms with Crippen molar-refractivity contribution in [2.75, 3.05) is 6.54 Å². The molecule has 1 aromatic carbocycles. The zero-order valence-electron chi connectivity index (χ0n) is 12.4. The maximum absolute atomic E-state index is 13.6. The Hall–Kier alpha value is -2.71. The fraction of sp³-hybridized carbons (Fsp3) is 0.125. The Balaban J connectivity index is 1.64. The first-order valence-corrected chi connectivity index (χ1v) is 7.95. The largest absolute Gasteiger partial charge is 0.386 e. The Morgan fingerprint density at radius 1 is 1.33 bits per heavy atom. The zero-order valence-corrected chi connectivity index (χ0v) is 13.2. The van der Waals surface area contributed by atoms with Crippen LogP contribution in [0.1, 0.15) is 22.2 Å². The third kappa shape index (κ3) is 3.61. The molecule has 0 fully saturated rings. The van der Waals surface area contributed by atoms with Crippen LogP contribution in [0.25, 0.3) is 10.7 Å². The molecule has 0 saturated carbocycles. The molecule has 2 heterocycles. The van der Waals surface area contributed by atoms with Crippen molar-refractivity contribution >= 4 is 17.2 Å². The smallest absolute Gasteiger partial charge is 0.270 e. The van der Waals surface area contributed by atoms with Gasteiger partial charge in [-0.25, -0.2) is 9.37 Å². The molecule has 2 aromatic heterocycles. The quantitative estimate of drug-likeness (QED) is 0.741. The van der Waals surface area contributed by atoms with Crippen molar-refractivity contribution in [1.82, 2.24) is 20.3 Å². The second-order valence-electron chi connectivity index (χ2n) is 4.88. The topological polar surface area (TPSA) is 88.0 Å². The molecule has 0 saturated heterocycles. The number of thiazole rings is 1. The molecule has 122 valence electrons. The van der Waals surface area contributed by atoms with E-state index in [0.717, 1.165) is 0 Å². The SMILES string of the molecule is O=C(NCC(O)c1ccccc1F)c1csc(-c2cnccn2)n1. The van der Waals surface area contributed by atoms with Gasteiger partial charge in [0, 0.05) is 29.9 Å². The van der Waals surface area contributed by atoms with Crippen LogP contribution >= 0.6 is 11.3 Å². The molecule has 0 spiro atoms. The second-order valence-corrected chi connectivity index (χ2v) is 5.73. The summed E-state index contributed by atoms with van der Waals surface area (Å²) in [6.07, 6.45) is 3.52. The van der Waals surface area contributed by atoms with Gasteiger partial charge in [0.2, 0.25) is 0 Å². The summed E-state index contributed by atoms with van der Waals surface area (Å²) < 4.78 is 13.6. The average Bonchev–Trinajstić information content (AvgIpc) is 3.11. The number of nitrogens with one attached hydrogen (secondary N) is 1. The zero-order chi connectivity index (χ0) is 16.9. The lowest BCUT2D eigenvalue weighted by Gasteiger charge is -2.12. The molecule has 3 aromatic rings. The molecule has 1 unspecified atom stereocenters. The van der Waals surface area contributed by atoms with Gasteiger partial charge >= 0.3 is 0 Å². The summed E-state index contributed by atoms with van der Waals surface area (Å²) in [4.78, 5) is 24.4. The molecule has 0 aliphatic carbocycles. The summed E-state index contributed by atoms with van der Waals surface area (Å²) in [6.45, 7) is -0.113. The minimum Gasteiger partial charge on any atom is -0.386 e. The van der Waals surface area contributed by atoms with E-state index in [4.69, 9.17) is 0 Å². The van der Waals surface area contributed by atoms with Gasteiger partial charge in [0.05, 0.1) is 12.3 Å². The van der Waals surface area contributed by atoms with Gasteiger partial charge in [-0.05, 0) is 6.07 Å². The molecular weight excluding hydrogens is 331 g/mol. The van der Waals surface area contributed by atoms with Gasteiger partial charge in [0.1, 0.15) is 22.2 Å². The van der Waals surface area contributed by atoms with E-state index in [0.29, 0.717) is 10.7 Å². The number of halogens is 1. The molecule has 24 heavy (non-hydrogen) atoms. The Morgan fingerprint density at radius 2 is 2.17 bits per heavy atom. The molecule has 0 radical (unpaired) electrons. The standard InChI is InChI=1S/C16H13FN4O2S/c17-11-4-2-1-3-10(11)14(22)8-20-15(23)13-9-24-16(21-13)12-7-18-5-6-19-12/h1-7,9,14,22H,8H2,(H,20,23). The van der Waals surface area contributed by atoms with Crippen molar-refractivity contribution in [2.45, 2.75) is 6.10 Å². The van der Waals surface area contributed by atoms with E-state index >= 15 is 0 Å². The maximum Gasteiger partial charge on any atom is 0.270 e. The number of aromatic nitrogens is 3. The molecule has 1 amide bonds. The number of hydrogen-bond acceptors (Lipinski definition) is 6. The highest BCUT2D eigenvalue weighted by Gasteiger charge is 2.16. The molecule has 6 nitrogen and oxygen atoms in total. The van der Waals surface area contributed by atoms with Crippen LogP contribution in [0.15, 0.2) is 48.2 Å². The minimum absolute atomic E-state index is 0.113. The highest BCUT2D eigenvalue weighted by Crippen LogP contribution is 2.21. The van der Waals surface area contributed by atoms with Crippen LogP contribution < -0.4 is 5.32 Å². The van der Waals surface area contributed by atoms with E-state index in [-0.39, 0.29) is 17.8 Å². The van der Waals surface area contributed by atoms with E-state index in [1.54, 1.807) is 30.0 Å². The Labute approximate surface area is 141 Å². The van der Waals surface area contributed by atoms with Crippen molar-refractivity contribution in [1.29, 1.82) is 0 Å². The predicted octanol–water partition coefficient (Wildman–Crippen LogP) is 2.20. The first-order valence-electron chi connectivity index (χ1n) is 7.08. The van der Waals surface area contributed by atoms with Crippen LogP contribution in [-0.4, -0.2) is 32.5 Å². The average molecular weight is 344 g/mol. The summed E-state index contributed by atoms with van der Waals surface area (Å²) in [7, 11) is 0. The monoisotopic (exact) mass is 344 g/mol. The Kier molecular flexibility index (Phi) is 4.88. The molecule has 0 aliphatic rings. The number of hydrogen-bond donors (Lipinski definition) is 2. The number of aliphatic hydroxyl groups excluding tert-OH is 1. The number of aliphatic hydroxyl groups is 1. The highest BCUT2D eigenvalue weighted by molar-refractivity contribution is 7.13. The molecule has 0 bridgehead atoms. The van der Waals surface area contributed by atoms with Crippen LogP contribution in [-0.2, 0) is 0 Å². The molecule has 8 heteroatoms. The normalized spacial score (nSPS) is 11.9. The van der Waals surface area contributed by atoms with Crippen molar-refractivity contribution in [3.05, 3.63) is 65.3 Å². The number of nitrogens with zero attached hydrogens (tertiary/aromatic N) is 3. The lowest BCUT2D eigenvalue weighted by molar-refractivity contribution is 0.0910. The predicted molar refractivity (Wildman–Crippen MR) is 86.8 cm³/mol. The van der Waals surface area contributed by atoms with Gasteiger partial charge in [-0.15, -0.1) is 11.3 Å². The van der Waals surface area contributed by atoms with Crippen molar-refractivity contribution in [2.24, 2.45) is 0 Å². The third-order valence-corrected chi connectivity index (χ3v) is 4.10. The molecule has 3 rings (SSSR count). The fourth-order valence-electron chi connectivity index (χ4n) is 2.04. The van der Waals surface area contributed by atoms with Gasteiger partial charge in [-0.1, -0.05) is 18.2 Å². The summed E-state index contributed by atoms with van der Waals surface area (Å²) in [6, 6.07) is 5.89. The van der Waals surface area contributed by atoms with Crippen molar-refractivity contribution < 1.29 is 14.3 Å². The molecule has 0 aliphatic heterocycles. The highest BCUT2D eigenvalue weighted by atomic mass is 32.1. The molecular formula is C16H13FN4O2S. The number of amides is 1. The van der Waals surface area contributed by atoms with Crippen molar-refractivity contribution in [3.8, 4) is 10.7 Å². The number of benzene rings is 1. The van der Waals surface area contributed by atoms with E-state index in [1.165, 1.54) is 29.5 Å². The van der Waals surface area contributed by atoms with Gasteiger partial charge in [-0.2, -0.15) is 0 Å².